The second-order valence-corrected chi connectivity index (χ2v) is 6.70. The van der Waals surface area contributed by atoms with Gasteiger partial charge in [0.15, 0.2) is 5.78 Å². The molecule has 0 radical (unpaired) electrons. The van der Waals surface area contributed by atoms with Gasteiger partial charge in [-0.15, -0.1) is 0 Å². The molecule has 1 aliphatic heterocycles. The molecule has 0 aromatic rings. The summed E-state index contributed by atoms with van der Waals surface area (Å²) in [5.74, 6) is -0.430. The first-order valence-corrected chi connectivity index (χ1v) is 8.46. The lowest BCUT2D eigenvalue weighted by Crippen LogP contribution is -2.52. The molecule has 0 spiro atoms. The van der Waals surface area contributed by atoms with Gasteiger partial charge in [-0.25, -0.2) is 4.79 Å². The van der Waals surface area contributed by atoms with E-state index >= 15 is 0 Å². The van der Waals surface area contributed by atoms with Gasteiger partial charge < -0.3 is 4.90 Å². The minimum atomic E-state index is -0.853. The van der Waals surface area contributed by atoms with Crippen molar-refractivity contribution in [3.8, 4) is 0 Å². The van der Waals surface area contributed by atoms with E-state index in [0.29, 0.717) is 5.57 Å². The number of carbonyl (C=O) groups is 3. The van der Waals surface area contributed by atoms with Gasteiger partial charge in [0.05, 0.1) is 6.54 Å². The number of likely N-dealkylation sites (N-methyl/N-ethyl adjacent to an activating group) is 1. The number of urea groups is 1. The molecule has 1 aliphatic carbocycles. The minimum absolute atomic E-state index is 0.149. The lowest BCUT2D eigenvalue weighted by atomic mass is 9.75. The Labute approximate surface area is 143 Å². The van der Waals surface area contributed by atoms with Crippen molar-refractivity contribution < 1.29 is 14.4 Å². The third-order valence-corrected chi connectivity index (χ3v) is 5.43. The number of allylic oxidation sites excluding steroid dienone is 3. The summed E-state index contributed by atoms with van der Waals surface area (Å²) in [4.78, 5) is 40.5. The molecule has 1 heterocycles. The highest BCUT2D eigenvalue weighted by atomic mass is 16.2. The van der Waals surface area contributed by atoms with E-state index < -0.39 is 11.6 Å². The Morgan fingerprint density at radius 3 is 2.42 bits per heavy atom. The van der Waals surface area contributed by atoms with E-state index in [2.05, 4.69) is 13.2 Å². The third-order valence-electron chi connectivity index (χ3n) is 5.43. The van der Waals surface area contributed by atoms with Gasteiger partial charge in [-0.05, 0) is 25.7 Å². The molecule has 0 aromatic carbocycles. The molecule has 2 fully saturated rings. The number of ketones is 1. The van der Waals surface area contributed by atoms with Crippen molar-refractivity contribution in [2.45, 2.75) is 44.6 Å². The quantitative estimate of drug-likeness (QED) is 0.427. The number of imide groups is 1. The second kappa shape index (κ2) is 7.16. The number of nitrogens with zero attached hydrogens (tertiary/aromatic N) is 2. The van der Waals surface area contributed by atoms with Crippen molar-refractivity contribution >= 4 is 17.7 Å². The predicted molar refractivity (Wildman–Crippen MR) is 93.3 cm³/mol. The molecule has 1 unspecified atom stereocenters. The van der Waals surface area contributed by atoms with Crippen molar-refractivity contribution in [3.05, 3.63) is 37.0 Å². The van der Waals surface area contributed by atoms with Gasteiger partial charge in [0.1, 0.15) is 5.54 Å². The first-order valence-electron chi connectivity index (χ1n) is 8.46. The zero-order valence-corrected chi connectivity index (χ0v) is 14.6. The summed E-state index contributed by atoms with van der Waals surface area (Å²) < 4.78 is 0. The summed E-state index contributed by atoms with van der Waals surface area (Å²) in [6.45, 7) is 8.73. The molecule has 0 aromatic heterocycles. The number of hydrogen-bond donors (Lipinski definition) is 0. The van der Waals surface area contributed by atoms with Gasteiger partial charge in [0.2, 0.25) is 0 Å². The highest BCUT2D eigenvalue weighted by Crippen LogP contribution is 2.40. The largest absolute Gasteiger partial charge is 0.327 e. The Kier molecular flexibility index (Phi) is 5.42. The Hall–Kier alpha value is -2.17. The molecule has 0 bridgehead atoms. The Morgan fingerprint density at radius 1 is 1.25 bits per heavy atom. The summed E-state index contributed by atoms with van der Waals surface area (Å²) in [7, 11) is 1.66. The van der Waals surface area contributed by atoms with E-state index in [-0.39, 0.29) is 24.2 Å². The van der Waals surface area contributed by atoms with Crippen LogP contribution in [0.2, 0.25) is 0 Å². The Morgan fingerprint density at radius 2 is 1.88 bits per heavy atom. The number of Topliss-reactive ketones (excluding diaryl/α,β-unsaturated/α-hetero) is 1. The fourth-order valence-corrected chi connectivity index (χ4v) is 3.77. The van der Waals surface area contributed by atoms with Gasteiger partial charge >= 0.3 is 6.03 Å². The van der Waals surface area contributed by atoms with Crippen LogP contribution in [0.25, 0.3) is 0 Å². The molecule has 5 heteroatoms. The van der Waals surface area contributed by atoms with Crippen LogP contribution in [-0.2, 0) is 9.59 Å². The van der Waals surface area contributed by atoms with Crippen molar-refractivity contribution in [1.82, 2.24) is 9.80 Å². The van der Waals surface area contributed by atoms with Crippen LogP contribution in [0.5, 0.6) is 0 Å². The zero-order chi connectivity index (χ0) is 17.9. The summed E-state index contributed by atoms with van der Waals surface area (Å²) >= 11 is 0. The maximum Gasteiger partial charge on any atom is 0.327 e. The predicted octanol–water partition coefficient (Wildman–Crippen LogP) is 3.09. The molecule has 130 valence electrons. The average molecular weight is 330 g/mol. The monoisotopic (exact) mass is 330 g/mol. The second-order valence-electron chi connectivity index (χ2n) is 6.70. The summed E-state index contributed by atoms with van der Waals surface area (Å²) in [6, 6.07) is -0.400. The highest BCUT2D eigenvalue weighted by molar-refractivity contribution is 6.11. The van der Waals surface area contributed by atoms with Gasteiger partial charge in [0, 0.05) is 12.6 Å². The Bertz CT molecular complexity index is 602. The van der Waals surface area contributed by atoms with Crippen LogP contribution in [0.1, 0.15) is 39.0 Å². The normalized spacial score (nSPS) is 26.0. The van der Waals surface area contributed by atoms with Crippen LogP contribution in [-0.4, -0.2) is 46.7 Å². The van der Waals surface area contributed by atoms with Crippen molar-refractivity contribution in [2.24, 2.45) is 5.92 Å². The van der Waals surface area contributed by atoms with E-state index in [1.807, 2.05) is 6.92 Å². The number of amides is 3. The molecule has 0 N–H and O–H groups in total. The van der Waals surface area contributed by atoms with E-state index in [9.17, 15) is 14.4 Å². The van der Waals surface area contributed by atoms with Crippen LogP contribution >= 0.6 is 0 Å². The number of rotatable bonds is 6. The van der Waals surface area contributed by atoms with E-state index in [4.69, 9.17) is 0 Å². The molecule has 1 saturated heterocycles. The fourth-order valence-electron chi connectivity index (χ4n) is 3.77. The lowest BCUT2D eigenvalue weighted by Gasteiger charge is -2.38. The van der Waals surface area contributed by atoms with Gasteiger partial charge in [-0.1, -0.05) is 50.6 Å². The molecule has 3 amide bonds. The Balaban J connectivity index is 2.23. The van der Waals surface area contributed by atoms with Gasteiger partial charge in [-0.3, -0.25) is 14.5 Å². The van der Waals surface area contributed by atoms with Crippen LogP contribution < -0.4 is 0 Å². The van der Waals surface area contributed by atoms with E-state index in [1.165, 1.54) is 29.5 Å². The smallest absolute Gasteiger partial charge is 0.313 e. The van der Waals surface area contributed by atoms with Crippen molar-refractivity contribution in [2.75, 3.05) is 13.6 Å². The van der Waals surface area contributed by atoms with Crippen LogP contribution in [0, 0.1) is 5.92 Å². The first-order chi connectivity index (χ1) is 11.4. The average Bonchev–Trinajstić information content (AvgIpc) is 2.76. The van der Waals surface area contributed by atoms with E-state index in [0.717, 1.165) is 30.6 Å². The highest BCUT2D eigenvalue weighted by Gasteiger charge is 2.56. The molecule has 1 atom stereocenters. The van der Waals surface area contributed by atoms with Crippen molar-refractivity contribution in [1.29, 1.82) is 0 Å². The lowest BCUT2D eigenvalue weighted by molar-refractivity contribution is -0.137. The first kappa shape index (κ1) is 18.2. The molecule has 2 aliphatic rings. The van der Waals surface area contributed by atoms with E-state index in [1.54, 1.807) is 7.05 Å². The van der Waals surface area contributed by atoms with Crippen LogP contribution in [0.3, 0.4) is 0 Å². The minimum Gasteiger partial charge on any atom is -0.313 e. The number of carbonyl (C=O) groups excluding carboxylic acids is 3. The van der Waals surface area contributed by atoms with Crippen LogP contribution in [0.4, 0.5) is 4.79 Å². The molecule has 2 rings (SSSR count). The van der Waals surface area contributed by atoms with Crippen molar-refractivity contribution in [3.63, 3.8) is 0 Å². The SMILES string of the molecule is C=C/C=C(\C=C)C(=O)CN1C(=O)N(C)C(C)(C2CCCCC2)C1=O. The van der Waals surface area contributed by atoms with Gasteiger partial charge in [-0.2, -0.15) is 0 Å². The zero-order valence-electron chi connectivity index (χ0n) is 14.6. The number of hydrogen-bond acceptors (Lipinski definition) is 3. The fraction of sp³-hybridized carbons (Fsp3) is 0.526. The summed E-state index contributed by atoms with van der Waals surface area (Å²) in [5, 5.41) is 0. The topological polar surface area (TPSA) is 57.7 Å². The molecular weight excluding hydrogens is 304 g/mol. The molecular formula is C19H26N2O3. The summed E-state index contributed by atoms with van der Waals surface area (Å²) in [6.07, 6.45) is 9.65. The van der Waals surface area contributed by atoms with Gasteiger partial charge in [0.25, 0.3) is 5.91 Å². The maximum atomic E-state index is 13.0. The molecule has 1 saturated carbocycles. The molecule has 24 heavy (non-hydrogen) atoms. The van der Waals surface area contributed by atoms with Crippen LogP contribution in [0.15, 0.2) is 37.0 Å². The standard InChI is InChI=1S/C19H26N2O3/c1-5-10-14(6-2)16(22)13-21-17(23)19(3,20(4)18(21)24)15-11-8-7-9-12-15/h5-6,10,15H,1-2,7-9,11-13H2,3-4H3/b14-10+. The third kappa shape index (κ3) is 2.95. The summed E-state index contributed by atoms with van der Waals surface area (Å²) in [5.41, 5.74) is -0.506. The maximum absolute atomic E-state index is 13.0. The molecule has 5 nitrogen and oxygen atoms in total.